The maximum atomic E-state index is 9.61. The van der Waals surface area contributed by atoms with Gasteiger partial charge in [0.05, 0.1) is 0 Å². The molecule has 0 saturated heterocycles. The Labute approximate surface area is 108 Å². The van der Waals surface area contributed by atoms with Crippen molar-refractivity contribution in [3.8, 4) is 11.5 Å². The van der Waals surface area contributed by atoms with Crippen molar-refractivity contribution in [1.82, 2.24) is 0 Å². The Hall–Kier alpha value is -1.96. The molecule has 1 atom stereocenters. The number of phenolic OH excluding ortho intramolecular Hbond substituents is 2. The summed E-state index contributed by atoms with van der Waals surface area (Å²) < 4.78 is 0. The van der Waals surface area contributed by atoms with Gasteiger partial charge in [-0.25, -0.2) is 0 Å². The zero-order valence-corrected chi connectivity index (χ0v) is 10.5. The van der Waals surface area contributed by atoms with Gasteiger partial charge in [-0.3, -0.25) is 0 Å². The predicted molar refractivity (Wildman–Crippen MR) is 73.0 cm³/mol. The van der Waals surface area contributed by atoms with E-state index in [1.165, 1.54) is 5.56 Å². The second-order valence-electron chi connectivity index (χ2n) is 4.50. The van der Waals surface area contributed by atoms with Crippen LogP contribution in [0.15, 0.2) is 48.5 Å². The van der Waals surface area contributed by atoms with Crippen LogP contribution < -0.4 is 0 Å². The van der Waals surface area contributed by atoms with Crippen molar-refractivity contribution >= 4 is 0 Å². The fourth-order valence-corrected chi connectivity index (χ4v) is 2.26. The lowest BCUT2D eigenvalue weighted by Gasteiger charge is -2.17. The van der Waals surface area contributed by atoms with E-state index in [4.69, 9.17) is 0 Å². The highest BCUT2D eigenvalue weighted by Gasteiger charge is 2.14. The van der Waals surface area contributed by atoms with Crippen molar-refractivity contribution in [2.75, 3.05) is 0 Å². The molecule has 2 heteroatoms. The number of phenols is 2. The van der Waals surface area contributed by atoms with Gasteiger partial charge in [0.2, 0.25) is 0 Å². The summed E-state index contributed by atoms with van der Waals surface area (Å²) >= 11 is 0. The van der Waals surface area contributed by atoms with Gasteiger partial charge in [0.1, 0.15) is 0 Å². The molecule has 0 spiro atoms. The molecule has 0 aliphatic carbocycles. The molecule has 1 unspecified atom stereocenters. The summed E-state index contributed by atoms with van der Waals surface area (Å²) in [5.74, 6) is 0.147. The van der Waals surface area contributed by atoms with E-state index in [1.807, 2.05) is 24.3 Å². The first-order valence-corrected chi connectivity index (χ1v) is 6.29. The van der Waals surface area contributed by atoms with Gasteiger partial charge >= 0.3 is 0 Å². The van der Waals surface area contributed by atoms with Crippen LogP contribution in [0.25, 0.3) is 0 Å². The van der Waals surface area contributed by atoms with E-state index < -0.39 is 0 Å². The quantitative estimate of drug-likeness (QED) is 0.795. The van der Waals surface area contributed by atoms with Crippen LogP contribution in [0.5, 0.6) is 11.5 Å². The summed E-state index contributed by atoms with van der Waals surface area (Å²) in [6.45, 7) is 2.15. The Morgan fingerprint density at radius 1 is 0.889 bits per heavy atom. The fraction of sp³-hybridized carbons (Fsp3) is 0.250. The molecule has 2 nitrogen and oxygen atoms in total. The van der Waals surface area contributed by atoms with Gasteiger partial charge < -0.3 is 10.2 Å². The molecule has 0 aliphatic heterocycles. The predicted octanol–water partition coefficient (Wildman–Crippen LogP) is 4.03. The average Bonchev–Trinajstić information content (AvgIpc) is 2.40. The zero-order chi connectivity index (χ0) is 13.0. The molecule has 2 N–H and O–H groups in total. The summed E-state index contributed by atoms with van der Waals surface area (Å²) in [6, 6.07) is 15.3. The highest BCUT2D eigenvalue weighted by atomic mass is 16.3. The van der Waals surface area contributed by atoms with Gasteiger partial charge in [0, 0.05) is 5.92 Å². The lowest BCUT2D eigenvalue weighted by Crippen LogP contribution is -2.00. The van der Waals surface area contributed by atoms with Crippen molar-refractivity contribution < 1.29 is 10.2 Å². The molecule has 2 rings (SSSR count). The van der Waals surface area contributed by atoms with E-state index in [0.29, 0.717) is 0 Å². The number of rotatable bonds is 4. The number of hydrogen-bond acceptors (Lipinski definition) is 2. The maximum absolute atomic E-state index is 9.61. The van der Waals surface area contributed by atoms with Crippen molar-refractivity contribution in [2.45, 2.75) is 25.7 Å². The molecule has 0 fully saturated rings. The minimum atomic E-state index is -0.0675. The molecular weight excluding hydrogens is 224 g/mol. The van der Waals surface area contributed by atoms with Gasteiger partial charge in [0.15, 0.2) is 11.5 Å². The van der Waals surface area contributed by atoms with Gasteiger partial charge in [-0.2, -0.15) is 0 Å². The Balaban J connectivity index is 2.38. The van der Waals surface area contributed by atoms with E-state index in [-0.39, 0.29) is 17.4 Å². The Bertz CT molecular complexity index is 506. The SMILES string of the molecule is CCCC(c1ccccc1)c1ccc(O)c(O)c1. The monoisotopic (exact) mass is 242 g/mol. The number of hydrogen-bond donors (Lipinski definition) is 2. The zero-order valence-electron chi connectivity index (χ0n) is 10.5. The minimum absolute atomic E-state index is 0.0514. The highest BCUT2D eigenvalue weighted by Crippen LogP contribution is 2.34. The van der Waals surface area contributed by atoms with Crippen LogP contribution in [-0.2, 0) is 0 Å². The lowest BCUT2D eigenvalue weighted by atomic mass is 9.87. The molecule has 18 heavy (non-hydrogen) atoms. The first kappa shape index (κ1) is 12.5. The molecule has 0 amide bonds. The third-order valence-corrected chi connectivity index (χ3v) is 3.18. The van der Waals surface area contributed by atoms with E-state index in [0.717, 1.165) is 18.4 Å². The van der Waals surface area contributed by atoms with Crippen LogP contribution >= 0.6 is 0 Å². The third kappa shape index (κ3) is 2.65. The molecule has 0 aromatic heterocycles. The Kier molecular flexibility index (Phi) is 3.88. The normalized spacial score (nSPS) is 12.3. The van der Waals surface area contributed by atoms with Crippen molar-refractivity contribution in [3.05, 3.63) is 59.7 Å². The molecule has 0 heterocycles. The number of benzene rings is 2. The summed E-state index contributed by atoms with van der Waals surface area (Å²) in [6.07, 6.45) is 2.09. The lowest BCUT2D eigenvalue weighted by molar-refractivity contribution is 0.402. The van der Waals surface area contributed by atoms with Gasteiger partial charge in [-0.15, -0.1) is 0 Å². The second kappa shape index (κ2) is 5.58. The van der Waals surface area contributed by atoms with E-state index in [9.17, 15) is 10.2 Å². The molecule has 0 saturated carbocycles. The first-order valence-electron chi connectivity index (χ1n) is 6.29. The topological polar surface area (TPSA) is 40.5 Å². The maximum Gasteiger partial charge on any atom is 0.157 e. The molecule has 94 valence electrons. The Morgan fingerprint density at radius 2 is 1.61 bits per heavy atom. The second-order valence-corrected chi connectivity index (χ2v) is 4.50. The fourth-order valence-electron chi connectivity index (χ4n) is 2.26. The Morgan fingerprint density at radius 3 is 2.22 bits per heavy atom. The van der Waals surface area contributed by atoms with E-state index in [2.05, 4.69) is 19.1 Å². The molecule has 2 aromatic rings. The van der Waals surface area contributed by atoms with Crippen LogP contribution in [-0.4, -0.2) is 10.2 Å². The molecule has 0 bridgehead atoms. The highest BCUT2D eigenvalue weighted by molar-refractivity contribution is 5.44. The van der Waals surface area contributed by atoms with Crippen molar-refractivity contribution in [2.24, 2.45) is 0 Å². The molecular formula is C16H18O2. The summed E-state index contributed by atoms with van der Waals surface area (Å²) in [5.41, 5.74) is 2.28. The summed E-state index contributed by atoms with van der Waals surface area (Å²) in [7, 11) is 0. The van der Waals surface area contributed by atoms with Crippen LogP contribution in [0, 0.1) is 0 Å². The minimum Gasteiger partial charge on any atom is -0.504 e. The van der Waals surface area contributed by atoms with Crippen LogP contribution in [0.2, 0.25) is 0 Å². The third-order valence-electron chi connectivity index (χ3n) is 3.18. The summed E-state index contributed by atoms with van der Waals surface area (Å²) in [5, 5.41) is 19.0. The first-order chi connectivity index (χ1) is 8.72. The largest absolute Gasteiger partial charge is 0.504 e. The molecule has 0 radical (unpaired) electrons. The van der Waals surface area contributed by atoms with Gasteiger partial charge in [0.25, 0.3) is 0 Å². The smallest absolute Gasteiger partial charge is 0.157 e. The molecule has 2 aromatic carbocycles. The van der Waals surface area contributed by atoms with Crippen LogP contribution in [0.1, 0.15) is 36.8 Å². The van der Waals surface area contributed by atoms with Crippen molar-refractivity contribution in [3.63, 3.8) is 0 Å². The van der Waals surface area contributed by atoms with Crippen LogP contribution in [0.3, 0.4) is 0 Å². The van der Waals surface area contributed by atoms with E-state index in [1.54, 1.807) is 12.1 Å². The molecule has 0 aliphatic rings. The summed E-state index contributed by atoms with van der Waals surface area (Å²) in [4.78, 5) is 0. The van der Waals surface area contributed by atoms with Gasteiger partial charge in [-0.05, 0) is 29.7 Å². The average molecular weight is 242 g/mol. The standard InChI is InChI=1S/C16H18O2/c1-2-6-14(12-7-4-3-5-8-12)13-9-10-15(17)16(18)11-13/h3-5,7-11,14,17-18H,2,6H2,1H3. The van der Waals surface area contributed by atoms with Crippen molar-refractivity contribution in [1.29, 1.82) is 0 Å². The van der Waals surface area contributed by atoms with Crippen LogP contribution in [0.4, 0.5) is 0 Å². The van der Waals surface area contributed by atoms with E-state index >= 15 is 0 Å². The number of aromatic hydroxyl groups is 2. The van der Waals surface area contributed by atoms with Gasteiger partial charge in [-0.1, -0.05) is 49.7 Å².